The van der Waals surface area contributed by atoms with Gasteiger partial charge < -0.3 is 10.1 Å². The van der Waals surface area contributed by atoms with Crippen LogP contribution in [0.25, 0.3) is 0 Å². The Morgan fingerprint density at radius 1 is 1.31 bits per heavy atom. The van der Waals surface area contributed by atoms with Crippen LogP contribution in [-0.4, -0.2) is 25.5 Å². The molecule has 0 aliphatic rings. The number of halogens is 2. The van der Waals surface area contributed by atoms with Crippen molar-refractivity contribution < 1.29 is 9.53 Å². The lowest BCUT2D eigenvalue weighted by atomic mass is 10.3. The molecular formula is C17H17BrClN5O2. The molecule has 0 saturated heterocycles. The minimum absolute atomic E-state index is 0.148. The Balaban J connectivity index is 1.56. The van der Waals surface area contributed by atoms with Gasteiger partial charge in [-0.25, -0.2) is 4.68 Å². The summed E-state index contributed by atoms with van der Waals surface area (Å²) in [5.41, 5.74) is 2.14. The second-order valence-corrected chi connectivity index (χ2v) is 6.99. The molecule has 0 spiro atoms. The van der Waals surface area contributed by atoms with Crippen LogP contribution in [0.4, 0.5) is 0 Å². The highest BCUT2D eigenvalue weighted by Crippen LogP contribution is 2.27. The predicted octanol–water partition coefficient (Wildman–Crippen LogP) is 3.31. The van der Waals surface area contributed by atoms with Gasteiger partial charge in [0.1, 0.15) is 11.4 Å². The fourth-order valence-corrected chi connectivity index (χ4v) is 3.10. The zero-order valence-electron chi connectivity index (χ0n) is 14.2. The molecule has 9 heteroatoms. The van der Waals surface area contributed by atoms with Crippen molar-refractivity contribution in [3.8, 4) is 5.75 Å². The summed E-state index contributed by atoms with van der Waals surface area (Å²) in [6.45, 7) is 2.44. The first-order chi connectivity index (χ1) is 12.4. The number of hydrogen-bond donors (Lipinski definition) is 1. The maximum atomic E-state index is 12.2. The summed E-state index contributed by atoms with van der Waals surface area (Å²) in [4.78, 5) is 12.2. The lowest BCUT2D eigenvalue weighted by molar-refractivity contribution is 0.0943. The Morgan fingerprint density at radius 3 is 2.81 bits per heavy atom. The maximum Gasteiger partial charge on any atom is 0.272 e. The second-order valence-electron chi connectivity index (χ2n) is 5.67. The number of carbonyl (C=O) groups excluding carboxylic acids is 1. The van der Waals surface area contributed by atoms with Crippen LogP contribution >= 0.6 is 27.5 Å². The summed E-state index contributed by atoms with van der Waals surface area (Å²) < 4.78 is 9.76. The highest BCUT2D eigenvalue weighted by molar-refractivity contribution is 9.10. The van der Waals surface area contributed by atoms with Gasteiger partial charge in [-0.15, -0.1) is 0 Å². The number of aryl methyl sites for hydroxylation is 2. The lowest BCUT2D eigenvalue weighted by Gasteiger charge is -2.08. The van der Waals surface area contributed by atoms with Gasteiger partial charge in [-0.1, -0.05) is 27.5 Å². The van der Waals surface area contributed by atoms with Crippen LogP contribution in [0, 0.1) is 6.92 Å². The maximum absolute atomic E-state index is 12.2. The van der Waals surface area contributed by atoms with Crippen molar-refractivity contribution in [3.63, 3.8) is 0 Å². The van der Waals surface area contributed by atoms with E-state index < -0.39 is 0 Å². The largest absolute Gasteiger partial charge is 0.470 e. The van der Waals surface area contributed by atoms with E-state index in [1.165, 1.54) is 4.68 Å². The molecule has 1 N–H and O–H groups in total. The quantitative estimate of drug-likeness (QED) is 0.641. The average Bonchev–Trinajstić information content (AvgIpc) is 3.18. The van der Waals surface area contributed by atoms with Crippen molar-refractivity contribution in [2.24, 2.45) is 7.05 Å². The Morgan fingerprint density at radius 2 is 2.12 bits per heavy atom. The van der Waals surface area contributed by atoms with Crippen molar-refractivity contribution in [3.05, 3.63) is 63.1 Å². The standard InChI is InChI=1S/C17H17BrClN5O2/c1-11-7-13(23(2)21-11)9-20-17(25)15-5-6-24(22-15)10-26-16-4-3-12(18)8-14(16)19/h3-8H,9-10H2,1-2H3,(H,20,25). The molecule has 7 nitrogen and oxygen atoms in total. The molecule has 136 valence electrons. The third-order valence-electron chi connectivity index (χ3n) is 3.65. The zero-order chi connectivity index (χ0) is 18.7. The molecule has 1 amide bonds. The van der Waals surface area contributed by atoms with Crippen LogP contribution in [0.1, 0.15) is 21.9 Å². The molecule has 0 atom stereocenters. The lowest BCUT2D eigenvalue weighted by Crippen LogP contribution is -2.24. The van der Waals surface area contributed by atoms with Crippen LogP contribution in [0.5, 0.6) is 5.75 Å². The van der Waals surface area contributed by atoms with Crippen molar-refractivity contribution in [1.29, 1.82) is 0 Å². The molecule has 0 aliphatic heterocycles. The Hall–Kier alpha value is -2.32. The number of ether oxygens (including phenoxy) is 1. The Kier molecular flexibility index (Phi) is 5.63. The van der Waals surface area contributed by atoms with Gasteiger partial charge in [0.2, 0.25) is 0 Å². The van der Waals surface area contributed by atoms with Gasteiger partial charge in [0.25, 0.3) is 5.91 Å². The smallest absolute Gasteiger partial charge is 0.272 e. The fraction of sp³-hybridized carbons (Fsp3) is 0.235. The number of amides is 1. The van der Waals surface area contributed by atoms with E-state index in [4.69, 9.17) is 16.3 Å². The van der Waals surface area contributed by atoms with Crippen LogP contribution in [0.2, 0.25) is 5.02 Å². The van der Waals surface area contributed by atoms with Crippen LogP contribution in [0.15, 0.2) is 41.0 Å². The number of nitrogens with one attached hydrogen (secondary N) is 1. The van der Waals surface area contributed by atoms with E-state index in [1.807, 2.05) is 26.1 Å². The highest BCUT2D eigenvalue weighted by Gasteiger charge is 2.11. The van der Waals surface area contributed by atoms with E-state index in [-0.39, 0.29) is 12.6 Å². The summed E-state index contributed by atoms with van der Waals surface area (Å²) in [5, 5.41) is 11.8. The minimum atomic E-state index is -0.260. The first-order valence-electron chi connectivity index (χ1n) is 7.81. The summed E-state index contributed by atoms with van der Waals surface area (Å²) in [6.07, 6.45) is 1.68. The number of hydrogen-bond acceptors (Lipinski definition) is 4. The molecule has 0 unspecified atom stereocenters. The predicted molar refractivity (Wildman–Crippen MR) is 101 cm³/mol. The van der Waals surface area contributed by atoms with Gasteiger partial charge in [0, 0.05) is 17.7 Å². The second kappa shape index (κ2) is 7.92. The molecule has 2 heterocycles. The van der Waals surface area contributed by atoms with Crippen molar-refractivity contribution in [2.45, 2.75) is 20.2 Å². The Labute approximate surface area is 164 Å². The van der Waals surface area contributed by atoms with E-state index in [1.54, 1.807) is 29.1 Å². The molecular weight excluding hydrogens is 422 g/mol. The van der Waals surface area contributed by atoms with Gasteiger partial charge in [0.05, 0.1) is 23.0 Å². The number of aromatic nitrogens is 4. The molecule has 0 bridgehead atoms. The van der Waals surface area contributed by atoms with Crippen LogP contribution in [-0.2, 0) is 20.3 Å². The molecule has 0 radical (unpaired) electrons. The zero-order valence-corrected chi connectivity index (χ0v) is 16.6. The molecule has 26 heavy (non-hydrogen) atoms. The molecule has 0 fully saturated rings. The summed E-state index contributed by atoms with van der Waals surface area (Å²) in [5.74, 6) is 0.284. The molecule has 1 aromatic carbocycles. The van der Waals surface area contributed by atoms with Crippen molar-refractivity contribution in [2.75, 3.05) is 0 Å². The van der Waals surface area contributed by atoms with E-state index in [0.29, 0.717) is 23.0 Å². The van der Waals surface area contributed by atoms with Gasteiger partial charge in [0.15, 0.2) is 6.73 Å². The first-order valence-corrected chi connectivity index (χ1v) is 8.98. The molecule has 0 aliphatic carbocycles. The molecule has 3 aromatic rings. The van der Waals surface area contributed by atoms with Gasteiger partial charge >= 0.3 is 0 Å². The molecule has 2 aromatic heterocycles. The normalized spacial score (nSPS) is 10.8. The molecule has 0 saturated carbocycles. The van der Waals surface area contributed by atoms with Crippen molar-refractivity contribution in [1.82, 2.24) is 24.9 Å². The minimum Gasteiger partial charge on any atom is -0.470 e. The number of nitrogens with zero attached hydrogens (tertiary/aromatic N) is 4. The van der Waals surface area contributed by atoms with Crippen molar-refractivity contribution >= 4 is 33.4 Å². The summed E-state index contributed by atoms with van der Waals surface area (Å²) >= 11 is 9.45. The Bertz CT molecular complexity index is 937. The SMILES string of the molecule is Cc1cc(CNC(=O)c2ccn(COc3ccc(Br)cc3Cl)n2)n(C)n1. The number of rotatable bonds is 6. The molecule has 3 rings (SSSR count). The van der Waals surface area contributed by atoms with Crippen LogP contribution < -0.4 is 10.1 Å². The van der Waals surface area contributed by atoms with Gasteiger partial charge in [-0.2, -0.15) is 10.2 Å². The monoisotopic (exact) mass is 437 g/mol. The van der Waals surface area contributed by atoms with E-state index in [2.05, 4.69) is 31.4 Å². The average molecular weight is 439 g/mol. The van der Waals surface area contributed by atoms with Gasteiger partial charge in [-0.3, -0.25) is 9.48 Å². The highest BCUT2D eigenvalue weighted by atomic mass is 79.9. The summed E-state index contributed by atoms with van der Waals surface area (Å²) in [7, 11) is 1.84. The van der Waals surface area contributed by atoms with E-state index in [0.717, 1.165) is 15.9 Å². The fourth-order valence-electron chi connectivity index (χ4n) is 2.37. The first kappa shape index (κ1) is 18.5. The topological polar surface area (TPSA) is 74.0 Å². The van der Waals surface area contributed by atoms with Gasteiger partial charge in [-0.05, 0) is 37.3 Å². The third-order valence-corrected chi connectivity index (χ3v) is 4.44. The summed E-state index contributed by atoms with van der Waals surface area (Å²) in [6, 6.07) is 8.91. The number of benzene rings is 1. The van der Waals surface area contributed by atoms with E-state index >= 15 is 0 Å². The van der Waals surface area contributed by atoms with E-state index in [9.17, 15) is 4.79 Å². The number of carbonyl (C=O) groups is 1. The van der Waals surface area contributed by atoms with Crippen LogP contribution in [0.3, 0.4) is 0 Å². The third kappa shape index (κ3) is 4.44.